The van der Waals surface area contributed by atoms with Crippen molar-refractivity contribution in [3.8, 4) is 11.5 Å². The number of carboxylic acids is 1. The fraction of sp³-hybridized carbons (Fsp3) is 0.381. The second kappa shape index (κ2) is 7.96. The van der Waals surface area contributed by atoms with Crippen LogP contribution in [0.15, 0.2) is 42.5 Å². The molecular formula is C21H24FNO4. The molecule has 1 saturated heterocycles. The zero-order valence-electron chi connectivity index (χ0n) is 15.6. The topological polar surface area (TPSA) is 59.0 Å². The molecule has 0 atom stereocenters. The Labute approximate surface area is 158 Å². The third-order valence-electron chi connectivity index (χ3n) is 5.10. The summed E-state index contributed by atoms with van der Waals surface area (Å²) in [6.07, 6.45) is 0.726. The van der Waals surface area contributed by atoms with Crippen LogP contribution in [0.1, 0.15) is 34.3 Å². The number of likely N-dealkylation sites (tertiary alicyclic amines) is 1. The van der Waals surface area contributed by atoms with Gasteiger partial charge in [-0.2, -0.15) is 0 Å². The average Bonchev–Trinajstić information content (AvgIpc) is 2.69. The lowest BCUT2D eigenvalue weighted by atomic mass is 9.85. The van der Waals surface area contributed by atoms with Crippen molar-refractivity contribution in [2.24, 2.45) is 0 Å². The zero-order valence-corrected chi connectivity index (χ0v) is 15.6. The van der Waals surface area contributed by atoms with Crippen molar-refractivity contribution in [1.29, 1.82) is 0 Å². The van der Waals surface area contributed by atoms with Crippen LogP contribution >= 0.6 is 0 Å². The Bertz CT molecular complexity index is 793. The molecule has 0 saturated carbocycles. The summed E-state index contributed by atoms with van der Waals surface area (Å²) in [5, 5.41) is 9.11. The number of hydrogen-bond acceptors (Lipinski definition) is 4. The van der Waals surface area contributed by atoms with Gasteiger partial charge < -0.3 is 14.6 Å². The Morgan fingerprint density at radius 3 is 2.30 bits per heavy atom. The molecule has 2 aromatic rings. The van der Waals surface area contributed by atoms with Crippen LogP contribution < -0.4 is 9.47 Å². The van der Waals surface area contributed by atoms with Crippen molar-refractivity contribution in [3.05, 3.63) is 59.2 Å². The number of halogens is 1. The van der Waals surface area contributed by atoms with Crippen molar-refractivity contribution in [2.75, 3.05) is 27.3 Å². The summed E-state index contributed by atoms with van der Waals surface area (Å²) in [6.45, 7) is 1.79. The maximum absolute atomic E-state index is 15.6. The summed E-state index contributed by atoms with van der Waals surface area (Å²) in [5.41, 5.74) is 0.338. The monoisotopic (exact) mass is 373 g/mol. The van der Waals surface area contributed by atoms with E-state index in [-0.39, 0.29) is 5.56 Å². The summed E-state index contributed by atoms with van der Waals surface area (Å²) in [4.78, 5) is 13.3. The molecule has 1 N–H and O–H groups in total. The largest absolute Gasteiger partial charge is 0.497 e. The SMILES string of the molecule is COc1cc(OC)cc(C2(F)CCN(Cc3cccc(C(=O)O)c3)CC2)c1. The molecule has 5 nitrogen and oxygen atoms in total. The Morgan fingerprint density at radius 2 is 1.74 bits per heavy atom. The summed E-state index contributed by atoms with van der Waals surface area (Å²) in [7, 11) is 3.11. The van der Waals surface area contributed by atoms with Gasteiger partial charge >= 0.3 is 5.97 Å². The summed E-state index contributed by atoms with van der Waals surface area (Å²) < 4.78 is 26.1. The first-order chi connectivity index (χ1) is 12.9. The molecule has 0 bridgehead atoms. The van der Waals surface area contributed by atoms with Crippen LogP contribution in [0, 0.1) is 0 Å². The highest BCUT2D eigenvalue weighted by molar-refractivity contribution is 5.87. The van der Waals surface area contributed by atoms with Gasteiger partial charge in [0.05, 0.1) is 19.8 Å². The van der Waals surface area contributed by atoms with Crippen molar-refractivity contribution in [2.45, 2.75) is 25.1 Å². The number of hydrogen-bond donors (Lipinski definition) is 1. The van der Waals surface area contributed by atoms with E-state index < -0.39 is 11.6 Å². The van der Waals surface area contributed by atoms with E-state index in [1.165, 1.54) is 0 Å². The summed E-state index contributed by atoms with van der Waals surface area (Å²) in [5.74, 6) is 0.217. The predicted octanol–water partition coefficient (Wildman–Crippen LogP) is 3.86. The highest BCUT2D eigenvalue weighted by Gasteiger charge is 2.37. The normalized spacial score (nSPS) is 16.7. The molecule has 1 aliphatic rings. The number of rotatable bonds is 6. The van der Waals surface area contributed by atoms with Crippen LogP contribution in [0.4, 0.5) is 4.39 Å². The Balaban J connectivity index is 1.69. The molecule has 3 rings (SSSR count). The third kappa shape index (κ3) is 4.39. The van der Waals surface area contributed by atoms with E-state index in [1.54, 1.807) is 50.6 Å². The summed E-state index contributed by atoms with van der Waals surface area (Å²) >= 11 is 0. The molecule has 2 aromatic carbocycles. The first kappa shape index (κ1) is 19.2. The Morgan fingerprint density at radius 1 is 1.11 bits per heavy atom. The maximum atomic E-state index is 15.6. The molecule has 1 heterocycles. The highest BCUT2D eigenvalue weighted by Crippen LogP contribution is 2.40. The van der Waals surface area contributed by atoms with E-state index in [0.29, 0.717) is 49.5 Å². The van der Waals surface area contributed by atoms with Gasteiger partial charge in [-0.05, 0) is 48.2 Å². The van der Waals surface area contributed by atoms with Gasteiger partial charge in [0, 0.05) is 25.7 Å². The Hall–Kier alpha value is -2.60. The second-order valence-corrected chi connectivity index (χ2v) is 6.85. The lowest BCUT2D eigenvalue weighted by Gasteiger charge is -2.37. The molecule has 0 radical (unpaired) electrons. The summed E-state index contributed by atoms with van der Waals surface area (Å²) in [6, 6.07) is 12.1. The number of piperidine rings is 1. The van der Waals surface area contributed by atoms with Crippen LogP contribution in [0.2, 0.25) is 0 Å². The fourth-order valence-electron chi connectivity index (χ4n) is 3.48. The predicted molar refractivity (Wildman–Crippen MR) is 100 cm³/mol. The number of methoxy groups -OCH3 is 2. The molecule has 0 amide bonds. The third-order valence-corrected chi connectivity index (χ3v) is 5.10. The van der Waals surface area contributed by atoms with Crippen molar-refractivity contribution in [3.63, 3.8) is 0 Å². The fourth-order valence-corrected chi connectivity index (χ4v) is 3.48. The molecule has 0 unspecified atom stereocenters. The van der Waals surface area contributed by atoms with Crippen LogP contribution in [0.5, 0.6) is 11.5 Å². The van der Waals surface area contributed by atoms with E-state index >= 15 is 4.39 Å². The van der Waals surface area contributed by atoms with Gasteiger partial charge in [0.1, 0.15) is 17.2 Å². The van der Waals surface area contributed by atoms with E-state index in [2.05, 4.69) is 4.90 Å². The molecule has 27 heavy (non-hydrogen) atoms. The maximum Gasteiger partial charge on any atom is 0.335 e. The number of ether oxygens (including phenoxy) is 2. The quantitative estimate of drug-likeness (QED) is 0.833. The molecule has 144 valence electrons. The van der Waals surface area contributed by atoms with Crippen LogP contribution in [0.3, 0.4) is 0 Å². The minimum Gasteiger partial charge on any atom is -0.497 e. The van der Waals surface area contributed by atoms with Gasteiger partial charge in [0.15, 0.2) is 0 Å². The number of nitrogens with zero attached hydrogens (tertiary/aromatic N) is 1. The molecule has 0 aliphatic carbocycles. The first-order valence-corrected chi connectivity index (χ1v) is 8.90. The van der Waals surface area contributed by atoms with E-state index in [9.17, 15) is 4.79 Å². The van der Waals surface area contributed by atoms with Gasteiger partial charge in [-0.1, -0.05) is 12.1 Å². The molecule has 6 heteroatoms. The molecule has 1 aliphatic heterocycles. The standard InChI is InChI=1S/C21H24FNO4/c1-26-18-11-17(12-19(13-18)27-2)21(22)6-8-23(9-7-21)14-15-4-3-5-16(10-15)20(24)25/h3-5,10-13H,6-9,14H2,1-2H3,(H,24,25). The number of aromatic carboxylic acids is 1. The molecule has 0 spiro atoms. The first-order valence-electron chi connectivity index (χ1n) is 8.90. The van der Waals surface area contributed by atoms with Gasteiger partial charge in [0.2, 0.25) is 0 Å². The number of carbonyl (C=O) groups is 1. The number of alkyl halides is 1. The highest BCUT2D eigenvalue weighted by atomic mass is 19.1. The van der Waals surface area contributed by atoms with E-state index in [1.807, 2.05) is 6.07 Å². The minimum absolute atomic E-state index is 0.271. The van der Waals surface area contributed by atoms with Gasteiger partial charge in [-0.25, -0.2) is 9.18 Å². The average molecular weight is 373 g/mol. The smallest absolute Gasteiger partial charge is 0.335 e. The van der Waals surface area contributed by atoms with Gasteiger partial charge in [-0.15, -0.1) is 0 Å². The zero-order chi connectivity index (χ0) is 19.4. The van der Waals surface area contributed by atoms with Crippen molar-refractivity contribution >= 4 is 5.97 Å². The minimum atomic E-state index is -1.43. The van der Waals surface area contributed by atoms with Crippen molar-refractivity contribution < 1.29 is 23.8 Å². The van der Waals surface area contributed by atoms with Gasteiger partial charge in [-0.3, -0.25) is 4.90 Å². The number of benzene rings is 2. The van der Waals surface area contributed by atoms with Crippen LogP contribution in [-0.4, -0.2) is 43.3 Å². The number of carboxylic acid groups (broad SMARTS) is 1. The van der Waals surface area contributed by atoms with E-state index in [4.69, 9.17) is 14.6 Å². The van der Waals surface area contributed by atoms with Crippen LogP contribution in [0.25, 0.3) is 0 Å². The lowest BCUT2D eigenvalue weighted by Crippen LogP contribution is -2.39. The van der Waals surface area contributed by atoms with Gasteiger partial charge in [0.25, 0.3) is 0 Å². The lowest BCUT2D eigenvalue weighted by molar-refractivity contribution is 0.0522. The molecule has 1 fully saturated rings. The molecule has 0 aromatic heterocycles. The van der Waals surface area contributed by atoms with Crippen molar-refractivity contribution in [1.82, 2.24) is 4.90 Å². The van der Waals surface area contributed by atoms with E-state index in [0.717, 1.165) is 5.56 Å². The molecular weight excluding hydrogens is 349 g/mol. The Kier molecular flexibility index (Phi) is 5.65. The second-order valence-electron chi connectivity index (χ2n) is 6.85. The van der Waals surface area contributed by atoms with Crippen LogP contribution in [-0.2, 0) is 12.2 Å².